The van der Waals surface area contributed by atoms with Crippen LogP contribution in [0.15, 0.2) is 60.7 Å². The van der Waals surface area contributed by atoms with E-state index in [1.807, 2.05) is 12.2 Å². The average Bonchev–Trinajstić information content (AvgIpc) is 3.27. The van der Waals surface area contributed by atoms with Crippen LogP contribution in [0.3, 0.4) is 0 Å². The molecule has 8 rings (SSSR count). The topological polar surface area (TPSA) is 93.2 Å². The summed E-state index contributed by atoms with van der Waals surface area (Å²) < 4.78 is 10.8. The highest BCUT2D eigenvalue weighted by Crippen LogP contribution is 2.68. The lowest BCUT2D eigenvalue weighted by molar-refractivity contribution is -0.166. The summed E-state index contributed by atoms with van der Waals surface area (Å²) in [6.45, 7) is 0. The number of nitrogens with zero attached hydrogens (tertiary/aromatic N) is 2. The maximum Gasteiger partial charge on any atom is 0.238 e. The SMILES string of the molecule is COc1ccccc1N1C(=O)[C@H]2[C@@H]3C=C[C@@H]([C@@H]2C1=O)[C@H]1[C@H]2C(=O)N(c4ccccc4OC)C(=O)[C@@H]2[C@H]31. The Kier molecular flexibility index (Phi) is 4.32. The molecule has 2 saturated carbocycles. The van der Waals surface area contributed by atoms with E-state index in [1.54, 1.807) is 48.5 Å². The standard InChI is InChI=1S/C28H24N2O6/c1-35-17-9-5-3-7-15(17)29-25(31)21-13-11-12-14(22(21)26(29)32)20-19(13)23-24(20)28(34)30(27(23)33)16-8-4-6-10-18(16)36-2/h3-14,19-24H,1-2H3/t13-,14-,19-,20-,21+,22+,23-,24-/m1/s1. The minimum Gasteiger partial charge on any atom is -0.495 e. The average molecular weight is 485 g/mol. The van der Waals surface area contributed by atoms with Gasteiger partial charge in [0.1, 0.15) is 11.5 Å². The molecule has 4 fully saturated rings. The molecule has 0 N–H and O–H groups in total. The van der Waals surface area contributed by atoms with Crippen molar-refractivity contribution in [2.45, 2.75) is 0 Å². The van der Waals surface area contributed by atoms with Gasteiger partial charge in [-0.1, -0.05) is 36.4 Å². The summed E-state index contributed by atoms with van der Waals surface area (Å²) in [4.78, 5) is 57.2. The third-order valence-electron chi connectivity index (χ3n) is 9.00. The van der Waals surface area contributed by atoms with Gasteiger partial charge in [0.25, 0.3) is 0 Å². The molecule has 0 spiro atoms. The van der Waals surface area contributed by atoms with Crippen molar-refractivity contribution in [3.05, 3.63) is 60.7 Å². The van der Waals surface area contributed by atoms with Gasteiger partial charge in [0, 0.05) is 0 Å². The Balaban J connectivity index is 1.26. The first kappa shape index (κ1) is 21.4. The number of methoxy groups -OCH3 is 2. The summed E-state index contributed by atoms with van der Waals surface area (Å²) in [5.41, 5.74) is 0.877. The van der Waals surface area contributed by atoms with E-state index in [0.29, 0.717) is 22.9 Å². The van der Waals surface area contributed by atoms with Gasteiger partial charge in [-0.3, -0.25) is 19.2 Å². The molecule has 8 heteroatoms. The Labute approximate surface area is 207 Å². The predicted molar refractivity (Wildman–Crippen MR) is 128 cm³/mol. The van der Waals surface area contributed by atoms with Crippen molar-refractivity contribution in [1.29, 1.82) is 0 Å². The van der Waals surface area contributed by atoms with E-state index >= 15 is 0 Å². The van der Waals surface area contributed by atoms with Gasteiger partial charge < -0.3 is 9.47 Å². The number of ether oxygens (including phenoxy) is 2. The molecule has 0 aromatic heterocycles. The molecule has 0 unspecified atom stereocenters. The molecular formula is C28H24N2O6. The number of hydrogen-bond acceptors (Lipinski definition) is 6. The van der Waals surface area contributed by atoms with E-state index < -0.39 is 23.7 Å². The first-order chi connectivity index (χ1) is 17.5. The molecule has 0 radical (unpaired) electrons. The van der Waals surface area contributed by atoms with Crippen molar-refractivity contribution >= 4 is 35.0 Å². The Morgan fingerprint density at radius 2 is 0.917 bits per heavy atom. The van der Waals surface area contributed by atoms with Crippen molar-refractivity contribution in [2.75, 3.05) is 24.0 Å². The molecule has 2 aromatic rings. The normalized spacial score (nSPS) is 35.5. The molecule has 2 aromatic carbocycles. The van der Waals surface area contributed by atoms with Gasteiger partial charge in [-0.05, 0) is 47.9 Å². The fourth-order valence-corrected chi connectivity index (χ4v) is 7.70. The zero-order valence-electron chi connectivity index (χ0n) is 19.7. The fourth-order valence-electron chi connectivity index (χ4n) is 7.70. The predicted octanol–water partition coefficient (Wildman–Crippen LogP) is 2.68. The van der Waals surface area contributed by atoms with Crippen LogP contribution >= 0.6 is 0 Å². The van der Waals surface area contributed by atoms with Crippen LogP contribution in [0.2, 0.25) is 0 Å². The Hall–Kier alpha value is -3.94. The van der Waals surface area contributed by atoms with Crippen LogP contribution in [0, 0.1) is 47.3 Å². The number of fused-ring (bicyclic) bond motifs is 1. The number of imide groups is 2. The second kappa shape index (κ2) is 7.29. The summed E-state index contributed by atoms with van der Waals surface area (Å²) >= 11 is 0. The van der Waals surface area contributed by atoms with E-state index in [1.165, 1.54) is 24.0 Å². The lowest BCUT2D eigenvalue weighted by Gasteiger charge is -2.60. The molecule has 6 aliphatic rings. The molecule has 2 aliphatic heterocycles. The number of para-hydroxylation sites is 4. The first-order valence-electron chi connectivity index (χ1n) is 12.2. The summed E-state index contributed by atoms with van der Waals surface area (Å²) in [5, 5.41) is 0. The lowest BCUT2D eigenvalue weighted by atomic mass is 9.40. The number of benzene rings is 2. The van der Waals surface area contributed by atoms with Gasteiger partial charge in [0.05, 0.1) is 49.3 Å². The van der Waals surface area contributed by atoms with Crippen LogP contribution in [-0.4, -0.2) is 37.8 Å². The van der Waals surface area contributed by atoms with Crippen LogP contribution in [0.1, 0.15) is 0 Å². The highest BCUT2D eigenvalue weighted by atomic mass is 16.5. The largest absolute Gasteiger partial charge is 0.495 e. The van der Waals surface area contributed by atoms with E-state index in [-0.39, 0.29) is 47.3 Å². The summed E-state index contributed by atoms with van der Waals surface area (Å²) in [6, 6.07) is 14.0. The monoisotopic (exact) mass is 484 g/mol. The molecule has 8 atom stereocenters. The lowest BCUT2D eigenvalue weighted by Crippen LogP contribution is -2.63. The quantitative estimate of drug-likeness (QED) is 0.489. The van der Waals surface area contributed by atoms with Crippen LogP contribution in [0.4, 0.5) is 11.4 Å². The Bertz CT molecular complexity index is 1330. The molecule has 2 bridgehead atoms. The van der Waals surface area contributed by atoms with E-state index in [0.717, 1.165) is 0 Å². The van der Waals surface area contributed by atoms with Gasteiger partial charge >= 0.3 is 0 Å². The third-order valence-corrected chi connectivity index (χ3v) is 9.00. The molecular weight excluding hydrogens is 460 g/mol. The van der Waals surface area contributed by atoms with Crippen molar-refractivity contribution in [3.8, 4) is 11.5 Å². The third kappa shape index (κ3) is 2.39. The van der Waals surface area contributed by atoms with Crippen LogP contribution in [0.5, 0.6) is 11.5 Å². The zero-order chi connectivity index (χ0) is 24.9. The summed E-state index contributed by atoms with van der Waals surface area (Å²) in [6.07, 6.45) is 4.01. The van der Waals surface area contributed by atoms with Crippen LogP contribution in [0.25, 0.3) is 0 Å². The number of allylic oxidation sites excluding steroid dienone is 2. The molecule has 2 heterocycles. The van der Waals surface area contributed by atoms with Crippen LogP contribution < -0.4 is 19.3 Å². The van der Waals surface area contributed by atoms with Crippen molar-refractivity contribution in [3.63, 3.8) is 0 Å². The number of amides is 4. The minimum absolute atomic E-state index is 0.142. The van der Waals surface area contributed by atoms with Crippen LogP contribution in [-0.2, 0) is 19.2 Å². The smallest absolute Gasteiger partial charge is 0.238 e. The first-order valence-corrected chi connectivity index (χ1v) is 12.2. The zero-order valence-corrected chi connectivity index (χ0v) is 19.7. The number of hydrogen-bond donors (Lipinski definition) is 0. The van der Waals surface area contributed by atoms with Crippen molar-refractivity contribution in [1.82, 2.24) is 0 Å². The van der Waals surface area contributed by atoms with Crippen molar-refractivity contribution in [2.24, 2.45) is 47.3 Å². The number of rotatable bonds is 4. The summed E-state index contributed by atoms with van der Waals surface area (Å²) in [7, 11) is 3.02. The maximum absolute atomic E-state index is 13.7. The second-order valence-corrected chi connectivity index (χ2v) is 10.2. The van der Waals surface area contributed by atoms with E-state index in [4.69, 9.17) is 9.47 Å². The van der Waals surface area contributed by atoms with Gasteiger partial charge in [0.2, 0.25) is 23.6 Å². The van der Waals surface area contributed by atoms with Gasteiger partial charge in [0.15, 0.2) is 0 Å². The molecule has 182 valence electrons. The minimum atomic E-state index is -0.539. The second-order valence-electron chi connectivity index (χ2n) is 10.2. The van der Waals surface area contributed by atoms with Gasteiger partial charge in [-0.25, -0.2) is 9.80 Å². The molecule has 4 aliphatic carbocycles. The number of carbonyl (C=O) groups is 4. The molecule has 4 amide bonds. The highest BCUT2D eigenvalue weighted by Gasteiger charge is 2.75. The maximum atomic E-state index is 13.7. The molecule has 2 saturated heterocycles. The summed E-state index contributed by atoms with van der Waals surface area (Å²) in [5.74, 6) is -2.97. The number of carbonyl (C=O) groups excluding carboxylic acids is 4. The Morgan fingerprint density at radius 3 is 1.31 bits per heavy atom. The highest BCUT2D eigenvalue weighted by molar-refractivity contribution is 6.25. The van der Waals surface area contributed by atoms with E-state index in [2.05, 4.69) is 0 Å². The van der Waals surface area contributed by atoms with Crippen molar-refractivity contribution < 1.29 is 28.7 Å². The van der Waals surface area contributed by atoms with Gasteiger partial charge in [-0.15, -0.1) is 0 Å². The van der Waals surface area contributed by atoms with E-state index in [9.17, 15) is 19.2 Å². The number of anilines is 2. The molecule has 8 nitrogen and oxygen atoms in total. The molecule has 36 heavy (non-hydrogen) atoms. The Morgan fingerprint density at radius 1 is 0.556 bits per heavy atom. The van der Waals surface area contributed by atoms with Gasteiger partial charge in [-0.2, -0.15) is 0 Å². The fraction of sp³-hybridized carbons (Fsp3) is 0.357.